The van der Waals surface area contributed by atoms with Crippen LogP contribution in [0.25, 0.3) is 0 Å². The number of aromatic nitrogens is 2. The Morgan fingerprint density at radius 2 is 2.14 bits per heavy atom. The third kappa shape index (κ3) is 4.08. The van der Waals surface area contributed by atoms with E-state index >= 15 is 0 Å². The molecular formula is C16H22N4O2. The van der Waals surface area contributed by atoms with Crippen LogP contribution in [0.5, 0.6) is 5.75 Å². The van der Waals surface area contributed by atoms with Crippen molar-refractivity contribution in [2.75, 3.05) is 27.2 Å². The molecule has 6 nitrogen and oxygen atoms in total. The number of aryl methyl sites for hydroxylation is 1. The van der Waals surface area contributed by atoms with Gasteiger partial charge in [0, 0.05) is 25.9 Å². The van der Waals surface area contributed by atoms with Gasteiger partial charge < -0.3 is 15.0 Å². The molecule has 0 aliphatic rings. The van der Waals surface area contributed by atoms with Crippen LogP contribution in [-0.2, 0) is 11.8 Å². The summed E-state index contributed by atoms with van der Waals surface area (Å²) in [7, 11) is 5.37. The fourth-order valence-corrected chi connectivity index (χ4v) is 2.17. The Balaban J connectivity index is 1.87. The van der Waals surface area contributed by atoms with Crippen molar-refractivity contribution < 1.29 is 9.53 Å². The number of rotatable bonds is 7. The first-order valence-electron chi connectivity index (χ1n) is 7.20. The first-order valence-corrected chi connectivity index (χ1v) is 7.20. The second-order valence-corrected chi connectivity index (χ2v) is 5.09. The molecule has 1 heterocycles. The van der Waals surface area contributed by atoms with Crippen molar-refractivity contribution in [3.8, 4) is 5.75 Å². The van der Waals surface area contributed by atoms with Crippen LogP contribution in [0.2, 0.25) is 0 Å². The van der Waals surface area contributed by atoms with Crippen LogP contribution in [0.1, 0.15) is 11.6 Å². The lowest BCUT2D eigenvalue weighted by molar-refractivity contribution is -0.132. The molecule has 0 fully saturated rings. The van der Waals surface area contributed by atoms with Gasteiger partial charge >= 0.3 is 0 Å². The number of hydrogen-bond donors (Lipinski definition) is 1. The van der Waals surface area contributed by atoms with Crippen LogP contribution in [0.4, 0.5) is 0 Å². The summed E-state index contributed by atoms with van der Waals surface area (Å²) in [5, 5.41) is 7.15. The van der Waals surface area contributed by atoms with Gasteiger partial charge in [0.1, 0.15) is 18.4 Å². The number of likely N-dealkylation sites (N-methyl/N-ethyl adjacent to an activating group) is 2. The fraction of sp³-hybridized carbons (Fsp3) is 0.375. The molecule has 6 heteroatoms. The quantitative estimate of drug-likeness (QED) is 0.835. The fourth-order valence-electron chi connectivity index (χ4n) is 2.17. The number of carbonyl (C=O) groups is 1. The average Bonchev–Trinajstić information content (AvgIpc) is 2.95. The standard InChI is InChI=1S/C16H22N4O2/c1-17-15(13-11-18-20(3)12-13)16(21)19(2)9-10-22-14-7-5-4-6-8-14/h4-8,11-12,15,17H,9-10H2,1-3H3. The Morgan fingerprint density at radius 3 is 2.73 bits per heavy atom. The minimum absolute atomic E-state index is 0.00726. The SMILES string of the molecule is CNC(C(=O)N(C)CCOc1ccccc1)c1cnn(C)c1. The molecule has 1 unspecified atom stereocenters. The Hall–Kier alpha value is -2.34. The van der Waals surface area contributed by atoms with E-state index in [-0.39, 0.29) is 5.91 Å². The molecule has 2 rings (SSSR count). The third-order valence-corrected chi connectivity index (χ3v) is 3.41. The van der Waals surface area contributed by atoms with Crippen molar-refractivity contribution in [3.63, 3.8) is 0 Å². The minimum atomic E-state index is -0.393. The highest BCUT2D eigenvalue weighted by molar-refractivity contribution is 5.82. The van der Waals surface area contributed by atoms with Crippen molar-refractivity contribution in [1.29, 1.82) is 0 Å². The largest absolute Gasteiger partial charge is 0.492 e. The van der Waals surface area contributed by atoms with Gasteiger partial charge in [-0.2, -0.15) is 5.10 Å². The number of ether oxygens (including phenoxy) is 1. The average molecular weight is 302 g/mol. The Labute approximate surface area is 130 Å². The zero-order chi connectivity index (χ0) is 15.9. The molecule has 1 N–H and O–H groups in total. The molecule has 0 aliphatic carbocycles. The highest BCUT2D eigenvalue weighted by Crippen LogP contribution is 2.14. The molecule has 118 valence electrons. The van der Waals surface area contributed by atoms with Crippen molar-refractivity contribution in [2.24, 2.45) is 7.05 Å². The summed E-state index contributed by atoms with van der Waals surface area (Å²) in [5.74, 6) is 0.799. The summed E-state index contributed by atoms with van der Waals surface area (Å²) in [6.07, 6.45) is 3.54. The predicted octanol–water partition coefficient (Wildman–Crippen LogP) is 1.22. The lowest BCUT2D eigenvalue weighted by atomic mass is 10.1. The molecule has 1 aromatic heterocycles. The van der Waals surface area contributed by atoms with Gasteiger partial charge in [0.05, 0.1) is 12.7 Å². The first-order chi connectivity index (χ1) is 10.6. The van der Waals surface area contributed by atoms with E-state index < -0.39 is 6.04 Å². The first kappa shape index (κ1) is 16.0. The molecule has 2 aromatic rings. The highest BCUT2D eigenvalue weighted by atomic mass is 16.5. The predicted molar refractivity (Wildman–Crippen MR) is 84.6 cm³/mol. The van der Waals surface area contributed by atoms with E-state index in [1.165, 1.54) is 0 Å². The van der Waals surface area contributed by atoms with Crippen LogP contribution < -0.4 is 10.1 Å². The van der Waals surface area contributed by atoms with Crippen LogP contribution in [0.15, 0.2) is 42.7 Å². The van der Waals surface area contributed by atoms with Crippen molar-refractivity contribution in [3.05, 3.63) is 48.3 Å². The van der Waals surface area contributed by atoms with Crippen LogP contribution >= 0.6 is 0 Å². The Morgan fingerprint density at radius 1 is 1.41 bits per heavy atom. The number of amides is 1. The van der Waals surface area contributed by atoms with Crippen LogP contribution in [0.3, 0.4) is 0 Å². The number of nitrogens with one attached hydrogen (secondary N) is 1. The topological polar surface area (TPSA) is 59.4 Å². The number of carbonyl (C=O) groups excluding carboxylic acids is 1. The van der Waals surface area contributed by atoms with Crippen molar-refractivity contribution >= 4 is 5.91 Å². The highest BCUT2D eigenvalue weighted by Gasteiger charge is 2.23. The molecular weight excluding hydrogens is 280 g/mol. The van der Waals surface area contributed by atoms with E-state index in [0.717, 1.165) is 11.3 Å². The maximum Gasteiger partial charge on any atom is 0.244 e. The minimum Gasteiger partial charge on any atom is -0.492 e. The molecule has 1 amide bonds. The molecule has 0 saturated carbocycles. The molecule has 0 spiro atoms. The van der Waals surface area contributed by atoms with Gasteiger partial charge in [0.25, 0.3) is 0 Å². The van der Waals surface area contributed by atoms with Gasteiger partial charge in [-0.05, 0) is 19.2 Å². The van der Waals surface area contributed by atoms with Crippen LogP contribution in [-0.4, -0.2) is 47.8 Å². The van der Waals surface area contributed by atoms with Crippen LogP contribution in [0, 0.1) is 0 Å². The molecule has 0 radical (unpaired) electrons. The number of para-hydroxylation sites is 1. The van der Waals surface area contributed by atoms with Gasteiger partial charge in [0.15, 0.2) is 0 Å². The van der Waals surface area contributed by atoms with Gasteiger partial charge in [-0.1, -0.05) is 18.2 Å². The van der Waals surface area contributed by atoms with Gasteiger partial charge in [0.2, 0.25) is 5.91 Å². The maximum absolute atomic E-state index is 12.5. The lowest BCUT2D eigenvalue weighted by Gasteiger charge is -2.23. The van der Waals surface area contributed by atoms with E-state index in [9.17, 15) is 4.79 Å². The van der Waals surface area contributed by atoms with Gasteiger partial charge in [-0.15, -0.1) is 0 Å². The van der Waals surface area contributed by atoms with E-state index in [2.05, 4.69) is 10.4 Å². The summed E-state index contributed by atoms with van der Waals surface area (Å²) in [6.45, 7) is 0.974. The molecule has 1 atom stereocenters. The zero-order valence-electron chi connectivity index (χ0n) is 13.2. The summed E-state index contributed by atoms with van der Waals surface area (Å²) >= 11 is 0. The Bertz CT molecular complexity index is 597. The number of nitrogens with zero attached hydrogens (tertiary/aromatic N) is 3. The number of hydrogen-bond acceptors (Lipinski definition) is 4. The van der Waals surface area contributed by atoms with Gasteiger partial charge in [-0.25, -0.2) is 0 Å². The molecule has 22 heavy (non-hydrogen) atoms. The maximum atomic E-state index is 12.5. The second-order valence-electron chi connectivity index (χ2n) is 5.09. The second kappa shape index (κ2) is 7.61. The van der Waals surface area contributed by atoms with E-state index in [1.807, 2.05) is 43.6 Å². The summed E-state index contributed by atoms with van der Waals surface area (Å²) in [5.41, 5.74) is 0.853. The molecule has 0 bridgehead atoms. The summed E-state index contributed by atoms with van der Waals surface area (Å²) in [4.78, 5) is 14.2. The third-order valence-electron chi connectivity index (χ3n) is 3.41. The number of benzene rings is 1. The van der Waals surface area contributed by atoms with E-state index in [4.69, 9.17) is 4.74 Å². The van der Waals surface area contributed by atoms with E-state index in [1.54, 1.807) is 29.9 Å². The Kier molecular flexibility index (Phi) is 5.55. The lowest BCUT2D eigenvalue weighted by Crippen LogP contribution is -2.39. The van der Waals surface area contributed by atoms with Crippen molar-refractivity contribution in [1.82, 2.24) is 20.0 Å². The molecule has 0 aliphatic heterocycles. The normalized spacial score (nSPS) is 12.0. The molecule has 1 aromatic carbocycles. The van der Waals surface area contributed by atoms with Crippen molar-refractivity contribution in [2.45, 2.75) is 6.04 Å². The monoisotopic (exact) mass is 302 g/mol. The smallest absolute Gasteiger partial charge is 0.244 e. The molecule has 0 saturated heterocycles. The summed E-state index contributed by atoms with van der Waals surface area (Å²) < 4.78 is 7.31. The van der Waals surface area contributed by atoms with Gasteiger partial charge in [-0.3, -0.25) is 9.48 Å². The zero-order valence-corrected chi connectivity index (χ0v) is 13.2. The summed E-state index contributed by atoms with van der Waals surface area (Å²) in [6, 6.07) is 9.18. The van der Waals surface area contributed by atoms with E-state index in [0.29, 0.717) is 13.2 Å².